The van der Waals surface area contributed by atoms with E-state index < -0.39 is 0 Å². The molecular formula is C13H24N2O2. The lowest BCUT2D eigenvalue weighted by atomic mass is 10.1. The maximum Gasteiger partial charge on any atom is 0.239 e. The Morgan fingerprint density at radius 1 is 1.35 bits per heavy atom. The fraction of sp³-hybridized carbons (Fsp3) is 0.923. The zero-order valence-corrected chi connectivity index (χ0v) is 10.8. The molecule has 0 bridgehead atoms. The molecule has 2 aliphatic rings. The minimum Gasteiger partial charge on any atom is -0.395 e. The molecule has 0 aromatic carbocycles. The summed E-state index contributed by atoms with van der Waals surface area (Å²) in [5.41, 5.74) is 0. The van der Waals surface area contributed by atoms with E-state index in [1.54, 1.807) is 0 Å². The maximum absolute atomic E-state index is 12.3. The van der Waals surface area contributed by atoms with Gasteiger partial charge in [0.25, 0.3) is 0 Å². The number of aliphatic hydroxyl groups excluding tert-OH is 1. The van der Waals surface area contributed by atoms with Gasteiger partial charge in [0.15, 0.2) is 0 Å². The summed E-state index contributed by atoms with van der Waals surface area (Å²) in [4.78, 5) is 16.5. The van der Waals surface area contributed by atoms with E-state index in [2.05, 4.69) is 4.90 Å². The predicted octanol–water partition coefficient (Wildman–Crippen LogP) is 0.844. The second kappa shape index (κ2) is 5.83. The summed E-state index contributed by atoms with van der Waals surface area (Å²) < 4.78 is 0. The molecule has 0 aromatic rings. The van der Waals surface area contributed by atoms with Crippen LogP contribution in [0.5, 0.6) is 0 Å². The fourth-order valence-electron chi connectivity index (χ4n) is 2.73. The highest BCUT2D eigenvalue weighted by Gasteiger charge is 2.36. The van der Waals surface area contributed by atoms with Crippen molar-refractivity contribution in [2.24, 2.45) is 0 Å². The number of rotatable bonds is 5. The van der Waals surface area contributed by atoms with Gasteiger partial charge in [0.05, 0.1) is 12.6 Å². The van der Waals surface area contributed by atoms with Crippen LogP contribution in [0.1, 0.15) is 39.0 Å². The molecule has 1 saturated heterocycles. The molecule has 1 N–H and O–H groups in total. The van der Waals surface area contributed by atoms with Gasteiger partial charge in [-0.15, -0.1) is 0 Å². The van der Waals surface area contributed by atoms with Crippen molar-refractivity contribution in [3.05, 3.63) is 0 Å². The van der Waals surface area contributed by atoms with Gasteiger partial charge in [0.2, 0.25) is 5.91 Å². The molecular weight excluding hydrogens is 216 g/mol. The van der Waals surface area contributed by atoms with Gasteiger partial charge in [0, 0.05) is 25.7 Å². The molecule has 0 aromatic heterocycles. The van der Waals surface area contributed by atoms with Gasteiger partial charge in [-0.3, -0.25) is 9.69 Å². The predicted molar refractivity (Wildman–Crippen MR) is 66.7 cm³/mol. The number of amides is 1. The van der Waals surface area contributed by atoms with Gasteiger partial charge < -0.3 is 10.0 Å². The topological polar surface area (TPSA) is 43.8 Å². The molecule has 1 saturated carbocycles. The Kier molecular flexibility index (Phi) is 4.40. The third-order valence-electron chi connectivity index (χ3n) is 3.90. The van der Waals surface area contributed by atoms with Crippen LogP contribution < -0.4 is 0 Å². The van der Waals surface area contributed by atoms with E-state index in [1.165, 1.54) is 19.3 Å². The van der Waals surface area contributed by atoms with E-state index in [0.717, 1.165) is 25.9 Å². The summed E-state index contributed by atoms with van der Waals surface area (Å²) in [5, 5.41) is 9.09. The molecule has 1 heterocycles. The van der Waals surface area contributed by atoms with Gasteiger partial charge in [-0.2, -0.15) is 0 Å². The molecule has 1 atom stereocenters. The highest BCUT2D eigenvalue weighted by Crippen LogP contribution is 2.29. The average Bonchev–Trinajstić information content (AvgIpc) is 3.19. The van der Waals surface area contributed by atoms with Crippen LogP contribution in [0.25, 0.3) is 0 Å². The lowest BCUT2D eigenvalue weighted by molar-refractivity contribution is -0.137. The molecule has 98 valence electrons. The van der Waals surface area contributed by atoms with Crippen molar-refractivity contribution in [2.75, 3.05) is 26.2 Å². The largest absolute Gasteiger partial charge is 0.395 e. The Hall–Kier alpha value is -0.610. The number of carbonyl (C=O) groups is 1. The minimum absolute atomic E-state index is 0.0623. The van der Waals surface area contributed by atoms with Crippen LogP contribution in [0.4, 0.5) is 0 Å². The number of hydrogen-bond donors (Lipinski definition) is 1. The molecule has 1 unspecified atom stereocenters. The lowest BCUT2D eigenvalue weighted by Gasteiger charge is -2.34. The van der Waals surface area contributed by atoms with Crippen LogP contribution in [0.3, 0.4) is 0 Å². The number of aliphatic hydroxyl groups is 1. The van der Waals surface area contributed by atoms with Crippen molar-refractivity contribution in [3.63, 3.8) is 0 Å². The van der Waals surface area contributed by atoms with E-state index in [9.17, 15) is 4.79 Å². The summed E-state index contributed by atoms with van der Waals surface area (Å²) >= 11 is 0. The average molecular weight is 240 g/mol. The van der Waals surface area contributed by atoms with E-state index in [0.29, 0.717) is 12.6 Å². The van der Waals surface area contributed by atoms with Crippen LogP contribution in [-0.2, 0) is 4.79 Å². The number of piperidine rings is 1. The van der Waals surface area contributed by atoms with Crippen molar-refractivity contribution in [1.29, 1.82) is 0 Å². The Morgan fingerprint density at radius 2 is 2.00 bits per heavy atom. The van der Waals surface area contributed by atoms with Crippen LogP contribution >= 0.6 is 0 Å². The molecule has 1 aliphatic heterocycles. The molecule has 1 amide bonds. The van der Waals surface area contributed by atoms with Crippen LogP contribution in [0.2, 0.25) is 0 Å². The van der Waals surface area contributed by atoms with E-state index >= 15 is 0 Å². The van der Waals surface area contributed by atoms with Crippen molar-refractivity contribution >= 4 is 5.91 Å². The van der Waals surface area contributed by atoms with Crippen molar-refractivity contribution in [2.45, 2.75) is 51.1 Å². The quantitative estimate of drug-likeness (QED) is 0.774. The SMILES string of the molecule is CC(C(=O)N1CCCCC1)N(CCO)C1CC1. The molecule has 4 heteroatoms. The summed E-state index contributed by atoms with van der Waals surface area (Å²) in [7, 11) is 0. The van der Waals surface area contributed by atoms with E-state index in [-0.39, 0.29) is 18.6 Å². The van der Waals surface area contributed by atoms with Gasteiger partial charge in [0.1, 0.15) is 0 Å². The second-order valence-corrected chi connectivity index (χ2v) is 5.25. The third-order valence-corrected chi connectivity index (χ3v) is 3.90. The first-order chi connectivity index (χ1) is 8.24. The zero-order chi connectivity index (χ0) is 12.3. The van der Waals surface area contributed by atoms with E-state index in [1.807, 2.05) is 11.8 Å². The van der Waals surface area contributed by atoms with Gasteiger partial charge in [-0.05, 0) is 39.0 Å². The Balaban J connectivity index is 1.91. The van der Waals surface area contributed by atoms with Crippen LogP contribution in [0.15, 0.2) is 0 Å². The Labute approximate surface area is 104 Å². The Morgan fingerprint density at radius 3 is 2.53 bits per heavy atom. The van der Waals surface area contributed by atoms with Gasteiger partial charge in [-0.25, -0.2) is 0 Å². The summed E-state index contributed by atoms with van der Waals surface area (Å²) in [6.45, 7) is 4.60. The minimum atomic E-state index is -0.0623. The standard InChI is InChI=1S/C13H24N2O2/c1-11(15(9-10-16)12-5-6-12)13(17)14-7-3-2-4-8-14/h11-12,16H,2-10H2,1H3. The monoisotopic (exact) mass is 240 g/mol. The van der Waals surface area contributed by atoms with Gasteiger partial charge in [-0.1, -0.05) is 0 Å². The lowest BCUT2D eigenvalue weighted by Crippen LogP contribution is -2.50. The van der Waals surface area contributed by atoms with Gasteiger partial charge >= 0.3 is 0 Å². The summed E-state index contributed by atoms with van der Waals surface area (Å²) in [6, 6.07) is 0.471. The number of hydrogen-bond acceptors (Lipinski definition) is 3. The molecule has 4 nitrogen and oxygen atoms in total. The first kappa shape index (κ1) is 12.8. The van der Waals surface area contributed by atoms with Crippen molar-refractivity contribution in [1.82, 2.24) is 9.80 Å². The summed E-state index contributed by atoms with van der Waals surface area (Å²) in [5.74, 6) is 0.255. The first-order valence-electron chi connectivity index (χ1n) is 6.89. The zero-order valence-electron chi connectivity index (χ0n) is 10.8. The molecule has 0 radical (unpaired) electrons. The molecule has 17 heavy (non-hydrogen) atoms. The summed E-state index contributed by atoms with van der Waals surface area (Å²) in [6.07, 6.45) is 5.89. The molecule has 2 rings (SSSR count). The number of likely N-dealkylation sites (tertiary alicyclic amines) is 1. The number of carbonyl (C=O) groups excluding carboxylic acids is 1. The first-order valence-corrected chi connectivity index (χ1v) is 6.89. The number of nitrogens with zero attached hydrogens (tertiary/aromatic N) is 2. The molecule has 2 fully saturated rings. The highest BCUT2D eigenvalue weighted by molar-refractivity contribution is 5.81. The van der Waals surface area contributed by atoms with Crippen molar-refractivity contribution < 1.29 is 9.90 Å². The molecule has 0 spiro atoms. The Bertz CT molecular complexity index is 260. The third kappa shape index (κ3) is 3.19. The van der Waals surface area contributed by atoms with E-state index in [4.69, 9.17) is 5.11 Å². The maximum atomic E-state index is 12.3. The van der Waals surface area contributed by atoms with Crippen LogP contribution in [0, 0.1) is 0 Å². The fourth-order valence-corrected chi connectivity index (χ4v) is 2.73. The van der Waals surface area contributed by atoms with Crippen molar-refractivity contribution in [3.8, 4) is 0 Å². The second-order valence-electron chi connectivity index (χ2n) is 5.25. The smallest absolute Gasteiger partial charge is 0.239 e. The normalized spacial score (nSPS) is 22.9. The highest BCUT2D eigenvalue weighted by atomic mass is 16.3. The molecule has 1 aliphatic carbocycles. The van der Waals surface area contributed by atoms with Crippen LogP contribution in [-0.4, -0.2) is 59.1 Å².